The first-order valence-corrected chi connectivity index (χ1v) is 9.21. The lowest BCUT2D eigenvalue weighted by atomic mass is 9.82. The summed E-state index contributed by atoms with van der Waals surface area (Å²) in [4.78, 5) is 1.47. The molecule has 0 unspecified atom stereocenters. The van der Waals surface area contributed by atoms with Crippen molar-refractivity contribution in [3.05, 3.63) is 35.9 Å². The molecule has 118 valence electrons. The standard InChI is InChI=1S/C18H24N2OS/c1-20(14-19)12-17-13-22-18(21-17,15-8-4-2-5-9-15)16-10-6-3-7-11-16/h2,4-5,8-9,16-17H,3,6-7,10-13H2,1H3/t17-,18-/m1/s1. The predicted molar refractivity (Wildman–Crippen MR) is 90.3 cm³/mol. The van der Waals surface area contributed by atoms with Crippen molar-refractivity contribution >= 4 is 11.8 Å². The molecule has 1 aliphatic carbocycles. The number of benzene rings is 1. The van der Waals surface area contributed by atoms with Gasteiger partial charge in [-0.3, -0.25) is 0 Å². The van der Waals surface area contributed by atoms with Crippen LogP contribution in [0.25, 0.3) is 0 Å². The maximum Gasteiger partial charge on any atom is 0.179 e. The average molecular weight is 316 g/mol. The van der Waals surface area contributed by atoms with Gasteiger partial charge in [-0.15, -0.1) is 11.8 Å². The number of nitriles is 1. The maximum absolute atomic E-state index is 9.00. The second kappa shape index (κ2) is 6.93. The molecular weight excluding hydrogens is 292 g/mol. The summed E-state index contributed by atoms with van der Waals surface area (Å²) in [6.07, 6.45) is 8.80. The molecule has 2 fully saturated rings. The summed E-state index contributed by atoms with van der Waals surface area (Å²) in [5.41, 5.74) is 1.30. The van der Waals surface area contributed by atoms with Crippen molar-refractivity contribution in [2.24, 2.45) is 5.92 Å². The van der Waals surface area contributed by atoms with Crippen LogP contribution in [0.2, 0.25) is 0 Å². The minimum absolute atomic E-state index is 0.136. The number of nitrogens with zero attached hydrogens (tertiary/aromatic N) is 2. The number of rotatable bonds is 4. The molecule has 0 spiro atoms. The van der Waals surface area contributed by atoms with E-state index < -0.39 is 0 Å². The van der Waals surface area contributed by atoms with E-state index in [1.807, 2.05) is 18.8 Å². The molecular formula is C18H24N2OS. The van der Waals surface area contributed by atoms with E-state index in [4.69, 9.17) is 10.00 Å². The van der Waals surface area contributed by atoms with Crippen molar-refractivity contribution in [1.29, 1.82) is 5.26 Å². The monoisotopic (exact) mass is 316 g/mol. The summed E-state index contributed by atoms with van der Waals surface area (Å²) in [5, 5.41) is 9.00. The Morgan fingerprint density at radius 1 is 1.27 bits per heavy atom. The zero-order chi connectivity index (χ0) is 15.4. The number of thioether (sulfide) groups is 1. The smallest absolute Gasteiger partial charge is 0.179 e. The van der Waals surface area contributed by atoms with Gasteiger partial charge in [-0.2, -0.15) is 5.26 Å². The van der Waals surface area contributed by atoms with Crippen molar-refractivity contribution < 1.29 is 4.74 Å². The SMILES string of the molecule is CN(C#N)C[C@@H]1CS[C@](c2ccccc2)(C2CCCCC2)O1. The summed E-state index contributed by atoms with van der Waals surface area (Å²) >= 11 is 1.95. The molecule has 1 saturated carbocycles. The van der Waals surface area contributed by atoms with Gasteiger partial charge in [0.05, 0.1) is 12.6 Å². The van der Waals surface area contributed by atoms with Gasteiger partial charge in [-0.25, -0.2) is 0 Å². The molecule has 3 nitrogen and oxygen atoms in total. The Kier molecular flexibility index (Phi) is 4.95. The first-order valence-electron chi connectivity index (χ1n) is 8.23. The first kappa shape index (κ1) is 15.7. The lowest BCUT2D eigenvalue weighted by Gasteiger charge is -2.39. The summed E-state index contributed by atoms with van der Waals surface area (Å²) in [7, 11) is 1.83. The minimum Gasteiger partial charge on any atom is -0.354 e. The predicted octanol–water partition coefficient (Wildman–Crippen LogP) is 3.96. The Labute approximate surface area is 137 Å². The molecule has 1 aliphatic heterocycles. The molecule has 1 aromatic carbocycles. The molecule has 1 heterocycles. The van der Waals surface area contributed by atoms with Gasteiger partial charge in [0.15, 0.2) is 6.19 Å². The van der Waals surface area contributed by atoms with Crippen LogP contribution in [-0.4, -0.2) is 30.3 Å². The van der Waals surface area contributed by atoms with Crippen molar-refractivity contribution in [3.8, 4) is 6.19 Å². The number of ether oxygens (including phenoxy) is 1. The van der Waals surface area contributed by atoms with E-state index in [9.17, 15) is 0 Å². The second-order valence-corrected chi connectivity index (χ2v) is 7.63. The quantitative estimate of drug-likeness (QED) is 0.622. The molecule has 0 N–H and O–H groups in total. The number of hydrogen-bond acceptors (Lipinski definition) is 4. The number of hydrogen-bond donors (Lipinski definition) is 0. The van der Waals surface area contributed by atoms with E-state index in [1.165, 1.54) is 37.7 Å². The Morgan fingerprint density at radius 2 is 2.00 bits per heavy atom. The van der Waals surface area contributed by atoms with Crippen LogP contribution < -0.4 is 0 Å². The van der Waals surface area contributed by atoms with E-state index in [-0.39, 0.29) is 11.0 Å². The van der Waals surface area contributed by atoms with Crippen LogP contribution in [0.3, 0.4) is 0 Å². The van der Waals surface area contributed by atoms with E-state index >= 15 is 0 Å². The molecule has 0 radical (unpaired) electrons. The highest BCUT2D eigenvalue weighted by Crippen LogP contribution is 2.54. The molecule has 1 aromatic rings. The molecule has 2 aliphatic rings. The molecule has 0 aromatic heterocycles. The lowest BCUT2D eigenvalue weighted by Crippen LogP contribution is -2.36. The van der Waals surface area contributed by atoms with E-state index in [1.54, 1.807) is 4.90 Å². The highest BCUT2D eigenvalue weighted by molar-refractivity contribution is 8.00. The molecule has 3 rings (SSSR count). The lowest BCUT2D eigenvalue weighted by molar-refractivity contribution is -0.0603. The molecule has 22 heavy (non-hydrogen) atoms. The van der Waals surface area contributed by atoms with Crippen LogP contribution in [0.1, 0.15) is 37.7 Å². The Balaban J connectivity index is 1.84. The van der Waals surface area contributed by atoms with Crippen LogP contribution in [0, 0.1) is 17.4 Å². The zero-order valence-electron chi connectivity index (χ0n) is 13.2. The Morgan fingerprint density at radius 3 is 2.68 bits per heavy atom. The van der Waals surface area contributed by atoms with Gasteiger partial charge in [-0.1, -0.05) is 49.6 Å². The van der Waals surface area contributed by atoms with Crippen LogP contribution in [0.5, 0.6) is 0 Å². The fraction of sp³-hybridized carbons (Fsp3) is 0.611. The molecule has 0 amide bonds. The highest BCUT2D eigenvalue weighted by Gasteiger charge is 2.48. The average Bonchev–Trinajstić information content (AvgIpc) is 3.01. The molecule has 2 atom stereocenters. The van der Waals surface area contributed by atoms with Gasteiger partial charge >= 0.3 is 0 Å². The first-order chi connectivity index (χ1) is 10.7. The van der Waals surface area contributed by atoms with Gasteiger partial charge in [0.25, 0.3) is 0 Å². The second-order valence-electron chi connectivity index (χ2n) is 6.40. The van der Waals surface area contributed by atoms with Crippen LogP contribution in [-0.2, 0) is 9.67 Å². The third-order valence-corrected chi connectivity index (χ3v) is 6.42. The molecule has 4 heteroatoms. The highest BCUT2D eigenvalue weighted by atomic mass is 32.2. The van der Waals surface area contributed by atoms with E-state index in [0.717, 1.165) is 5.75 Å². The van der Waals surface area contributed by atoms with Gasteiger partial charge < -0.3 is 9.64 Å². The van der Waals surface area contributed by atoms with Crippen LogP contribution >= 0.6 is 11.8 Å². The van der Waals surface area contributed by atoms with Crippen molar-refractivity contribution in [3.63, 3.8) is 0 Å². The van der Waals surface area contributed by atoms with E-state index in [0.29, 0.717) is 12.5 Å². The third-order valence-electron chi connectivity index (χ3n) is 4.79. The fourth-order valence-electron chi connectivity index (χ4n) is 3.72. The van der Waals surface area contributed by atoms with Crippen molar-refractivity contribution in [1.82, 2.24) is 4.90 Å². The van der Waals surface area contributed by atoms with Gasteiger partial charge in [0.2, 0.25) is 0 Å². The van der Waals surface area contributed by atoms with Crippen molar-refractivity contribution in [2.75, 3.05) is 19.3 Å². The van der Waals surface area contributed by atoms with Gasteiger partial charge in [0, 0.05) is 18.7 Å². The fourth-order valence-corrected chi connectivity index (χ4v) is 5.31. The summed E-state index contributed by atoms with van der Waals surface area (Å²) in [6, 6.07) is 10.7. The molecule has 0 bridgehead atoms. The summed E-state index contributed by atoms with van der Waals surface area (Å²) in [5.74, 6) is 1.56. The van der Waals surface area contributed by atoms with Crippen LogP contribution in [0.4, 0.5) is 0 Å². The zero-order valence-corrected chi connectivity index (χ0v) is 14.0. The van der Waals surface area contributed by atoms with Crippen molar-refractivity contribution in [2.45, 2.75) is 43.1 Å². The normalized spacial score (nSPS) is 29.2. The van der Waals surface area contributed by atoms with Crippen LogP contribution in [0.15, 0.2) is 30.3 Å². The largest absolute Gasteiger partial charge is 0.354 e. The topological polar surface area (TPSA) is 36.3 Å². The van der Waals surface area contributed by atoms with Gasteiger partial charge in [-0.05, 0) is 18.4 Å². The van der Waals surface area contributed by atoms with E-state index in [2.05, 4.69) is 36.5 Å². The number of likely N-dealkylation sites (N-methyl/N-ethyl adjacent to an activating group) is 1. The Bertz CT molecular complexity index is 524. The minimum atomic E-state index is -0.206. The molecule has 1 saturated heterocycles. The third kappa shape index (κ3) is 3.11. The summed E-state index contributed by atoms with van der Waals surface area (Å²) in [6.45, 7) is 0.685. The van der Waals surface area contributed by atoms with Gasteiger partial charge in [0.1, 0.15) is 4.93 Å². The summed E-state index contributed by atoms with van der Waals surface area (Å²) < 4.78 is 6.62. The maximum atomic E-state index is 9.00. The Hall–Kier alpha value is -1.18.